The number of hydrogen-bond acceptors (Lipinski definition) is 2. The maximum atomic E-state index is 12.9. The molecule has 1 aliphatic heterocycles. The van der Waals surface area contributed by atoms with Crippen molar-refractivity contribution < 1.29 is 14.7 Å². The second kappa shape index (κ2) is 6.28. The number of aliphatic carboxylic acids is 1. The first-order valence-electron chi connectivity index (χ1n) is 7.80. The predicted octanol–water partition coefficient (Wildman–Crippen LogP) is 2.47. The van der Waals surface area contributed by atoms with E-state index < -0.39 is 5.97 Å². The van der Waals surface area contributed by atoms with Crippen molar-refractivity contribution in [3.63, 3.8) is 0 Å². The summed E-state index contributed by atoms with van der Waals surface area (Å²) in [5, 5.41) is 9.17. The quantitative estimate of drug-likeness (QED) is 0.922. The zero-order valence-electron chi connectivity index (χ0n) is 13.2. The number of carbonyl (C=O) groups excluding carboxylic acids is 1. The van der Waals surface area contributed by atoms with Crippen molar-refractivity contribution in [1.82, 2.24) is 9.47 Å². The highest BCUT2D eigenvalue weighted by Gasteiger charge is 2.25. The molecule has 0 radical (unpaired) electrons. The zero-order chi connectivity index (χ0) is 16.4. The summed E-state index contributed by atoms with van der Waals surface area (Å²) in [4.78, 5) is 25.5. The van der Waals surface area contributed by atoms with E-state index in [2.05, 4.69) is 4.57 Å². The minimum absolute atomic E-state index is 0.202. The molecule has 0 bridgehead atoms. The zero-order valence-corrected chi connectivity index (χ0v) is 13.2. The molecule has 0 spiro atoms. The van der Waals surface area contributed by atoms with Crippen LogP contribution >= 0.6 is 0 Å². The van der Waals surface area contributed by atoms with Gasteiger partial charge in [0.25, 0.3) is 5.91 Å². The number of rotatable bonds is 5. The van der Waals surface area contributed by atoms with Crippen LogP contribution in [0, 0.1) is 6.92 Å². The van der Waals surface area contributed by atoms with E-state index in [-0.39, 0.29) is 12.5 Å². The van der Waals surface area contributed by atoms with Gasteiger partial charge in [-0.1, -0.05) is 24.3 Å². The van der Waals surface area contributed by atoms with Gasteiger partial charge in [0.05, 0.1) is 5.56 Å². The molecule has 1 N–H and O–H groups in total. The fourth-order valence-electron chi connectivity index (χ4n) is 3.13. The molecule has 0 saturated heterocycles. The Morgan fingerprint density at radius 2 is 2.04 bits per heavy atom. The molecule has 1 aromatic heterocycles. The highest BCUT2D eigenvalue weighted by atomic mass is 16.4. The lowest BCUT2D eigenvalue weighted by atomic mass is 10.1. The molecule has 2 aromatic rings. The number of carboxylic acid groups (broad SMARTS) is 1. The van der Waals surface area contributed by atoms with E-state index >= 15 is 0 Å². The summed E-state index contributed by atoms with van der Waals surface area (Å²) in [5.74, 6) is -1.20. The van der Waals surface area contributed by atoms with Crippen LogP contribution < -0.4 is 0 Å². The summed E-state index contributed by atoms with van der Waals surface area (Å²) >= 11 is 0. The third-order valence-electron chi connectivity index (χ3n) is 4.36. The Morgan fingerprint density at radius 1 is 1.26 bits per heavy atom. The number of hydrogen-bond donors (Lipinski definition) is 1. The molecule has 0 fully saturated rings. The topological polar surface area (TPSA) is 62.5 Å². The molecular formula is C18H20N2O3. The fraction of sp³-hybridized carbons (Fsp3) is 0.333. The van der Waals surface area contributed by atoms with Gasteiger partial charge in [0, 0.05) is 25.0 Å². The third-order valence-corrected chi connectivity index (χ3v) is 4.36. The fourth-order valence-corrected chi connectivity index (χ4v) is 3.13. The second-order valence-corrected chi connectivity index (χ2v) is 5.95. The van der Waals surface area contributed by atoms with E-state index in [0.717, 1.165) is 36.2 Å². The lowest BCUT2D eigenvalue weighted by Crippen LogP contribution is -2.35. The molecule has 120 valence electrons. The summed E-state index contributed by atoms with van der Waals surface area (Å²) in [7, 11) is 0. The van der Waals surface area contributed by atoms with E-state index in [1.807, 2.05) is 43.5 Å². The predicted molar refractivity (Wildman–Crippen MR) is 86.3 cm³/mol. The average molecular weight is 312 g/mol. The van der Waals surface area contributed by atoms with Crippen LogP contribution in [-0.4, -0.2) is 33.0 Å². The molecular weight excluding hydrogens is 292 g/mol. The normalized spacial score (nSPS) is 12.9. The SMILES string of the molecule is Cc1ccccc1CN(CC(=O)O)C(=O)c1ccn2c1CCC2. The Labute approximate surface area is 135 Å². The summed E-state index contributed by atoms with van der Waals surface area (Å²) in [6, 6.07) is 9.55. The largest absolute Gasteiger partial charge is 0.480 e. The van der Waals surface area contributed by atoms with Gasteiger partial charge in [-0.3, -0.25) is 9.59 Å². The number of aryl methyl sites for hydroxylation is 2. The van der Waals surface area contributed by atoms with Crippen molar-refractivity contribution >= 4 is 11.9 Å². The first kappa shape index (κ1) is 15.3. The Bertz CT molecular complexity index is 748. The van der Waals surface area contributed by atoms with Crippen LogP contribution in [0.4, 0.5) is 0 Å². The summed E-state index contributed by atoms with van der Waals surface area (Å²) in [6.45, 7) is 2.91. The Balaban J connectivity index is 1.88. The molecule has 5 nitrogen and oxygen atoms in total. The van der Waals surface area contributed by atoms with Crippen molar-refractivity contribution in [2.45, 2.75) is 32.9 Å². The average Bonchev–Trinajstić information content (AvgIpc) is 3.10. The molecule has 0 unspecified atom stereocenters. The van der Waals surface area contributed by atoms with E-state index in [0.29, 0.717) is 12.1 Å². The Kier molecular flexibility index (Phi) is 4.19. The number of benzene rings is 1. The lowest BCUT2D eigenvalue weighted by molar-refractivity contribution is -0.137. The van der Waals surface area contributed by atoms with Crippen molar-refractivity contribution in [3.8, 4) is 0 Å². The van der Waals surface area contributed by atoms with Crippen molar-refractivity contribution in [1.29, 1.82) is 0 Å². The maximum Gasteiger partial charge on any atom is 0.323 e. The van der Waals surface area contributed by atoms with Crippen LogP contribution in [0.1, 0.15) is 33.6 Å². The molecule has 5 heteroatoms. The molecule has 2 heterocycles. The van der Waals surface area contributed by atoms with Gasteiger partial charge < -0.3 is 14.6 Å². The number of aromatic nitrogens is 1. The van der Waals surface area contributed by atoms with Gasteiger partial charge in [-0.25, -0.2) is 0 Å². The van der Waals surface area contributed by atoms with Crippen molar-refractivity contribution in [2.24, 2.45) is 0 Å². The summed E-state index contributed by atoms with van der Waals surface area (Å²) in [6.07, 6.45) is 3.83. The minimum Gasteiger partial charge on any atom is -0.480 e. The Morgan fingerprint density at radius 3 is 2.78 bits per heavy atom. The summed E-state index contributed by atoms with van der Waals surface area (Å²) < 4.78 is 2.08. The van der Waals surface area contributed by atoms with Gasteiger partial charge in [-0.05, 0) is 37.0 Å². The number of amides is 1. The van der Waals surface area contributed by atoms with Crippen LogP contribution in [-0.2, 0) is 24.3 Å². The highest BCUT2D eigenvalue weighted by molar-refractivity contribution is 5.97. The molecule has 23 heavy (non-hydrogen) atoms. The molecule has 0 saturated carbocycles. The third kappa shape index (κ3) is 3.13. The van der Waals surface area contributed by atoms with Crippen molar-refractivity contribution in [2.75, 3.05) is 6.54 Å². The van der Waals surface area contributed by atoms with E-state index in [1.54, 1.807) is 0 Å². The van der Waals surface area contributed by atoms with Gasteiger partial charge in [-0.15, -0.1) is 0 Å². The van der Waals surface area contributed by atoms with Gasteiger partial charge in [0.1, 0.15) is 6.54 Å². The number of carboxylic acids is 1. The van der Waals surface area contributed by atoms with Gasteiger partial charge in [0.15, 0.2) is 0 Å². The molecule has 1 aliphatic rings. The second-order valence-electron chi connectivity index (χ2n) is 5.95. The smallest absolute Gasteiger partial charge is 0.323 e. The maximum absolute atomic E-state index is 12.9. The van der Waals surface area contributed by atoms with Gasteiger partial charge >= 0.3 is 5.97 Å². The van der Waals surface area contributed by atoms with Crippen LogP contribution in [0.2, 0.25) is 0 Å². The Hall–Kier alpha value is -2.56. The van der Waals surface area contributed by atoms with Gasteiger partial charge in [0.2, 0.25) is 0 Å². The van der Waals surface area contributed by atoms with E-state index in [9.17, 15) is 14.7 Å². The van der Waals surface area contributed by atoms with Crippen molar-refractivity contribution in [3.05, 3.63) is 58.9 Å². The first-order valence-corrected chi connectivity index (χ1v) is 7.80. The summed E-state index contributed by atoms with van der Waals surface area (Å²) in [5.41, 5.74) is 3.68. The van der Waals surface area contributed by atoms with Crippen LogP contribution in [0.15, 0.2) is 36.5 Å². The molecule has 0 atom stereocenters. The molecule has 1 amide bonds. The standard InChI is InChI=1S/C18H20N2O3/c1-13-5-2-3-6-14(13)11-20(12-17(21)22)18(23)15-8-10-19-9-4-7-16(15)19/h2-3,5-6,8,10H,4,7,9,11-12H2,1H3,(H,21,22). The highest BCUT2D eigenvalue weighted by Crippen LogP contribution is 2.22. The number of carbonyl (C=O) groups is 2. The van der Waals surface area contributed by atoms with Gasteiger partial charge in [-0.2, -0.15) is 0 Å². The van der Waals surface area contributed by atoms with Crippen LogP contribution in [0.25, 0.3) is 0 Å². The lowest BCUT2D eigenvalue weighted by Gasteiger charge is -2.22. The molecule has 1 aromatic carbocycles. The van der Waals surface area contributed by atoms with Crippen LogP contribution in [0.3, 0.4) is 0 Å². The van der Waals surface area contributed by atoms with Crippen LogP contribution in [0.5, 0.6) is 0 Å². The number of fused-ring (bicyclic) bond motifs is 1. The molecule has 3 rings (SSSR count). The van der Waals surface area contributed by atoms with E-state index in [1.165, 1.54) is 4.90 Å². The number of nitrogens with zero attached hydrogens (tertiary/aromatic N) is 2. The first-order chi connectivity index (χ1) is 11.1. The van der Waals surface area contributed by atoms with E-state index in [4.69, 9.17) is 0 Å². The monoisotopic (exact) mass is 312 g/mol. The minimum atomic E-state index is -0.997. The molecule has 0 aliphatic carbocycles.